The average molecular weight is 245 g/mol. The van der Waals surface area contributed by atoms with E-state index in [0.29, 0.717) is 12.1 Å². The standard InChI is InChI=1S/C9H20N2O.2ClH/c1-4-9(12)11-7(2)5-10-6-8(11)3;;/h7-10,12H,4-6H2,1-3H3;2*1H. The van der Waals surface area contributed by atoms with Crippen molar-refractivity contribution in [3.05, 3.63) is 0 Å². The van der Waals surface area contributed by atoms with Gasteiger partial charge in [0.25, 0.3) is 0 Å². The van der Waals surface area contributed by atoms with Crippen LogP contribution < -0.4 is 5.32 Å². The molecule has 2 N–H and O–H groups in total. The Kier molecular flexibility index (Phi) is 9.30. The van der Waals surface area contributed by atoms with Crippen LogP contribution in [0.3, 0.4) is 0 Å². The van der Waals surface area contributed by atoms with Crippen LogP contribution in [0.1, 0.15) is 27.2 Å². The number of rotatable bonds is 2. The maximum atomic E-state index is 9.72. The summed E-state index contributed by atoms with van der Waals surface area (Å²) in [6, 6.07) is 0.896. The minimum atomic E-state index is -0.267. The number of piperazine rings is 1. The summed E-state index contributed by atoms with van der Waals surface area (Å²) in [4.78, 5) is 2.19. The van der Waals surface area contributed by atoms with E-state index in [1.807, 2.05) is 6.92 Å². The topological polar surface area (TPSA) is 35.5 Å². The number of aliphatic hydroxyl groups excluding tert-OH is 1. The lowest BCUT2D eigenvalue weighted by Crippen LogP contribution is -2.58. The van der Waals surface area contributed by atoms with Crippen molar-refractivity contribution in [1.82, 2.24) is 10.2 Å². The zero-order valence-corrected chi connectivity index (χ0v) is 10.7. The number of hydrogen-bond acceptors (Lipinski definition) is 3. The molecule has 0 bridgehead atoms. The zero-order chi connectivity index (χ0) is 9.14. The van der Waals surface area contributed by atoms with E-state index in [1.165, 1.54) is 0 Å². The molecule has 1 saturated heterocycles. The summed E-state index contributed by atoms with van der Waals surface area (Å²) in [5, 5.41) is 13.1. The summed E-state index contributed by atoms with van der Waals surface area (Å²) in [6.07, 6.45) is 0.548. The van der Waals surface area contributed by atoms with Crippen molar-refractivity contribution in [2.75, 3.05) is 13.1 Å². The lowest BCUT2D eigenvalue weighted by molar-refractivity contribution is -0.0584. The van der Waals surface area contributed by atoms with Gasteiger partial charge in [-0.15, -0.1) is 24.8 Å². The van der Waals surface area contributed by atoms with E-state index in [9.17, 15) is 5.11 Å². The second kappa shape index (κ2) is 7.71. The molecule has 1 aliphatic heterocycles. The third-order valence-electron chi connectivity index (χ3n) is 2.61. The van der Waals surface area contributed by atoms with Gasteiger partial charge < -0.3 is 10.4 Å². The molecule has 1 fully saturated rings. The summed E-state index contributed by atoms with van der Waals surface area (Å²) in [7, 11) is 0. The smallest absolute Gasteiger partial charge is 0.107 e. The Hall–Kier alpha value is 0.460. The predicted octanol–water partition coefficient (Wildman–Crippen LogP) is 1.24. The van der Waals surface area contributed by atoms with Gasteiger partial charge >= 0.3 is 0 Å². The first-order valence-electron chi connectivity index (χ1n) is 4.83. The van der Waals surface area contributed by atoms with Crippen molar-refractivity contribution in [3.8, 4) is 0 Å². The van der Waals surface area contributed by atoms with Gasteiger partial charge in [-0.05, 0) is 20.3 Å². The van der Waals surface area contributed by atoms with Gasteiger partial charge in [-0.3, -0.25) is 4.90 Å². The van der Waals surface area contributed by atoms with E-state index in [2.05, 4.69) is 24.1 Å². The van der Waals surface area contributed by atoms with Gasteiger partial charge in [0.05, 0.1) is 0 Å². The van der Waals surface area contributed by atoms with Crippen LogP contribution in [0.15, 0.2) is 0 Å². The number of aliphatic hydroxyl groups is 1. The van der Waals surface area contributed by atoms with Gasteiger partial charge in [-0.1, -0.05) is 6.92 Å². The maximum absolute atomic E-state index is 9.72. The number of nitrogens with one attached hydrogen (secondary N) is 1. The molecule has 0 aromatic heterocycles. The highest BCUT2D eigenvalue weighted by Gasteiger charge is 2.28. The van der Waals surface area contributed by atoms with Crippen molar-refractivity contribution in [2.45, 2.75) is 45.5 Å². The highest BCUT2D eigenvalue weighted by atomic mass is 35.5. The monoisotopic (exact) mass is 244 g/mol. The first-order valence-corrected chi connectivity index (χ1v) is 4.83. The molecule has 3 unspecified atom stereocenters. The Morgan fingerprint density at radius 2 is 1.71 bits per heavy atom. The number of nitrogens with zero attached hydrogens (tertiary/aromatic N) is 1. The highest BCUT2D eigenvalue weighted by Crippen LogP contribution is 2.14. The Balaban J connectivity index is 0. The van der Waals surface area contributed by atoms with Gasteiger partial charge in [0.2, 0.25) is 0 Å². The van der Waals surface area contributed by atoms with E-state index >= 15 is 0 Å². The lowest BCUT2D eigenvalue weighted by atomic mass is 10.1. The molecule has 88 valence electrons. The number of halogens is 2. The average Bonchev–Trinajstić information content (AvgIpc) is 2.03. The molecule has 3 atom stereocenters. The predicted molar refractivity (Wildman–Crippen MR) is 64.4 cm³/mol. The van der Waals surface area contributed by atoms with Crippen molar-refractivity contribution >= 4 is 24.8 Å². The first-order chi connectivity index (χ1) is 5.66. The van der Waals surface area contributed by atoms with Crippen LogP contribution in [0, 0.1) is 0 Å². The Bertz CT molecular complexity index is 133. The maximum Gasteiger partial charge on any atom is 0.107 e. The Morgan fingerprint density at radius 3 is 2.07 bits per heavy atom. The molecule has 0 radical (unpaired) electrons. The van der Waals surface area contributed by atoms with Crippen molar-refractivity contribution in [3.63, 3.8) is 0 Å². The van der Waals surface area contributed by atoms with Gasteiger partial charge in [-0.2, -0.15) is 0 Å². The van der Waals surface area contributed by atoms with E-state index in [-0.39, 0.29) is 31.0 Å². The van der Waals surface area contributed by atoms with E-state index < -0.39 is 0 Å². The van der Waals surface area contributed by atoms with Gasteiger partial charge in [0.15, 0.2) is 0 Å². The quantitative estimate of drug-likeness (QED) is 0.768. The molecule has 0 aliphatic carbocycles. The second-order valence-electron chi connectivity index (χ2n) is 3.69. The molecular formula is C9H22Cl2N2O. The fourth-order valence-corrected chi connectivity index (χ4v) is 1.94. The minimum Gasteiger partial charge on any atom is -0.378 e. The molecule has 1 rings (SSSR count). The fraction of sp³-hybridized carbons (Fsp3) is 1.00. The highest BCUT2D eigenvalue weighted by molar-refractivity contribution is 5.85. The number of hydrogen-bond donors (Lipinski definition) is 2. The molecule has 0 aromatic carbocycles. The van der Waals surface area contributed by atoms with Crippen LogP contribution in [0.25, 0.3) is 0 Å². The Morgan fingerprint density at radius 1 is 1.29 bits per heavy atom. The molecule has 0 amide bonds. The van der Waals surface area contributed by atoms with Crippen LogP contribution in [0.4, 0.5) is 0 Å². The molecule has 1 aliphatic rings. The van der Waals surface area contributed by atoms with E-state index in [4.69, 9.17) is 0 Å². The largest absolute Gasteiger partial charge is 0.378 e. The minimum absolute atomic E-state index is 0. The van der Waals surface area contributed by atoms with E-state index in [1.54, 1.807) is 0 Å². The normalized spacial score (nSPS) is 30.0. The second-order valence-corrected chi connectivity index (χ2v) is 3.69. The van der Waals surface area contributed by atoms with Gasteiger partial charge in [0.1, 0.15) is 6.23 Å². The van der Waals surface area contributed by atoms with Crippen LogP contribution in [0.2, 0.25) is 0 Å². The molecule has 0 spiro atoms. The van der Waals surface area contributed by atoms with Gasteiger partial charge in [0, 0.05) is 25.2 Å². The van der Waals surface area contributed by atoms with E-state index in [0.717, 1.165) is 19.5 Å². The molecule has 0 aromatic rings. The zero-order valence-electron chi connectivity index (χ0n) is 9.06. The van der Waals surface area contributed by atoms with Crippen LogP contribution in [-0.4, -0.2) is 41.4 Å². The first kappa shape index (κ1) is 16.9. The molecule has 0 saturated carbocycles. The Labute approximate surface area is 99.1 Å². The summed E-state index contributed by atoms with van der Waals surface area (Å²) in [5.41, 5.74) is 0. The molecule has 1 heterocycles. The molecule has 3 nitrogen and oxygen atoms in total. The summed E-state index contributed by atoms with van der Waals surface area (Å²) < 4.78 is 0. The van der Waals surface area contributed by atoms with Crippen LogP contribution >= 0.6 is 24.8 Å². The molecule has 14 heavy (non-hydrogen) atoms. The third kappa shape index (κ3) is 3.91. The summed E-state index contributed by atoms with van der Waals surface area (Å²) in [5.74, 6) is 0. The van der Waals surface area contributed by atoms with Crippen LogP contribution in [0.5, 0.6) is 0 Å². The fourth-order valence-electron chi connectivity index (χ4n) is 1.94. The molecular weight excluding hydrogens is 223 g/mol. The summed E-state index contributed by atoms with van der Waals surface area (Å²) in [6.45, 7) is 8.30. The molecule has 5 heteroatoms. The lowest BCUT2D eigenvalue weighted by Gasteiger charge is -2.42. The van der Waals surface area contributed by atoms with Crippen LogP contribution in [-0.2, 0) is 0 Å². The van der Waals surface area contributed by atoms with Gasteiger partial charge in [-0.25, -0.2) is 0 Å². The van der Waals surface area contributed by atoms with Crippen molar-refractivity contribution in [1.29, 1.82) is 0 Å². The SMILES string of the molecule is CCC(O)N1C(C)CNCC1C.Cl.Cl. The van der Waals surface area contributed by atoms with Crippen molar-refractivity contribution in [2.24, 2.45) is 0 Å². The summed E-state index contributed by atoms with van der Waals surface area (Å²) >= 11 is 0. The van der Waals surface area contributed by atoms with Crippen molar-refractivity contribution < 1.29 is 5.11 Å². The third-order valence-corrected chi connectivity index (χ3v) is 2.61.